The summed E-state index contributed by atoms with van der Waals surface area (Å²) in [6.45, 7) is 3.73. The molecule has 0 spiro atoms. The normalized spacial score (nSPS) is 12.5. The number of thioether (sulfide) groups is 1. The number of halogens is 3. The van der Waals surface area contributed by atoms with Crippen molar-refractivity contribution < 1.29 is 13.2 Å². The van der Waals surface area contributed by atoms with E-state index in [1.165, 1.54) is 0 Å². The van der Waals surface area contributed by atoms with Crippen LogP contribution in [0.3, 0.4) is 0 Å². The smallest absolute Gasteiger partial charge is 0.243 e. The number of carbonyl (C=O) groups is 1. The monoisotopic (exact) mass is 508 g/mol. The summed E-state index contributed by atoms with van der Waals surface area (Å²) in [7, 11) is -3.70. The molecule has 0 aromatic heterocycles. The van der Waals surface area contributed by atoms with Crippen molar-refractivity contribution in [1.82, 2.24) is 5.32 Å². The molecule has 1 amide bonds. The zero-order valence-corrected chi connectivity index (χ0v) is 20.7. The third kappa shape index (κ3) is 6.95. The highest BCUT2D eigenvalue weighted by molar-refractivity contribution is 7.98. The topological polar surface area (TPSA) is 66.5 Å². The first kappa shape index (κ1) is 25.1. The van der Waals surface area contributed by atoms with Gasteiger partial charge >= 0.3 is 0 Å². The molecule has 0 aliphatic heterocycles. The third-order valence-corrected chi connectivity index (χ3v) is 7.53. The number of aryl methyl sites for hydroxylation is 1. The van der Waals surface area contributed by atoms with Crippen LogP contribution in [0.25, 0.3) is 0 Å². The summed E-state index contributed by atoms with van der Waals surface area (Å²) in [5.74, 6) is 1.00. The van der Waals surface area contributed by atoms with Gasteiger partial charge in [0.05, 0.1) is 22.0 Å². The number of hydrogen-bond donors (Lipinski definition) is 1. The van der Waals surface area contributed by atoms with E-state index in [1.807, 2.05) is 12.1 Å². The van der Waals surface area contributed by atoms with Gasteiger partial charge in [-0.2, -0.15) is 11.8 Å². The van der Waals surface area contributed by atoms with Crippen LogP contribution in [0.2, 0.25) is 15.1 Å². The van der Waals surface area contributed by atoms with Crippen LogP contribution < -0.4 is 9.62 Å². The number of nitrogens with one attached hydrogen (secondary N) is 1. The second-order valence-corrected chi connectivity index (χ2v) is 11.0. The van der Waals surface area contributed by atoms with Crippen LogP contribution in [-0.2, 0) is 20.6 Å². The first-order chi connectivity index (χ1) is 14.0. The van der Waals surface area contributed by atoms with E-state index in [4.69, 9.17) is 34.8 Å². The maximum atomic E-state index is 12.6. The zero-order chi connectivity index (χ0) is 22.5. The van der Waals surface area contributed by atoms with Crippen molar-refractivity contribution in [2.24, 2.45) is 0 Å². The summed E-state index contributed by atoms with van der Waals surface area (Å²) in [6, 6.07) is 9.50. The van der Waals surface area contributed by atoms with Crippen LogP contribution in [0.15, 0.2) is 36.4 Å². The van der Waals surface area contributed by atoms with E-state index in [0.717, 1.165) is 21.9 Å². The zero-order valence-electron chi connectivity index (χ0n) is 16.8. The Labute approximate surface area is 197 Å². The van der Waals surface area contributed by atoms with Crippen molar-refractivity contribution >= 4 is 68.2 Å². The average molecular weight is 510 g/mol. The molecule has 0 heterocycles. The molecule has 0 saturated carbocycles. The molecule has 10 heteroatoms. The quantitative estimate of drug-likeness (QED) is 0.474. The molecule has 1 N–H and O–H groups in total. The molecule has 30 heavy (non-hydrogen) atoms. The lowest BCUT2D eigenvalue weighted by atomic mass is 10.2. The highest BCUT2D eigenvalue weighted by Crippen LogP contribution is 2.28. The first-order valence-corrected chi connectivity index (χ1v) is 13.2. The molecule has 0 saturated heterocycles. The number of sulfonamides is 1. The maximum absolute atomic E-state index is 12.6. The number of rotatable bonds is 9. The van der Waals surface area contributed by atoms with Gasteiger partial charge in [0.25, 0.3) is 0 Å². The van der Waals surface area contributed by atoms with Gasteiger partial charge in [0.15, 0.2) is 0 Å². The SMILES string of the molecule is Cc1ccc(Cl)cc1N([C@@H](C)C(=O)NCCSCc1ccc(Cl)c(Cl)c1)S(C)(=O)=O. The van der Waals surface area contributed by atoms with Gasteiger partial charge in [-0.25, -0.2) is 8.42 Å². The third-order valence-electron chi connectivity index (χ3n) is 4.30. The number of carbonyl (C=O) groups excluding carboxylic acids is 1. The molecular weight excluding hydrogens is 487 g/mol. The summed E-state index contributed by atoms with van der Waals surface area (Å²) < 4.78 is 25.9. The molecule has 164 valence electrons. The highest BCUT2D eigenvalue weighted by atomic mass is 35.5. The maximum Gasteiger partial charge on any atom is 0.243 e. The molecule has 2 rings (SSSR count). The van der Waals surface area contributed by atoms with Crippen LogP contribution in [0, 0.1) is 6.92 Å². The van der Waals surface area contributed by atoms with Gasteiger partial charge in [0, 0.05) is 23.1 Å². The Balaban J connectivity index is 1.95. The Bertz CT molecular complexity index is 1020. The molecule has 0 radical (unpaired) electrons. The summed E-state index contributed by atoms with van der Waals surface area (Å²) in [4.78, 5) is 12.6. The van der Waals surface area contributed by atoms with Gasteiger partial charge in [0.1, 0.15) is 6.04 Å². The lowest BCUT2D eigenvalue weighted by molar-refractivity contribution is -0.121. The minimum Gasteiger partial charge on any atom is -0.353 e. The van der Waals surface area contributed by atoms with Gasteiger partial charge < -0.3 is 5.32 Å². The van der Waals surface area contributed by atoms with Crippen molar-refractivity contribution in [3.05, 3.63) is 62.6 Å². The predicted molar refractivity (Wildman–Crippen MR) is 129 cm³/mol. The number of amides is 1. The fraction of sp³-hybridized carbons (Fsp3) is 0.350. The Kier molecular flexibility index (Phi) is 9.18. The molecule has 0 unspecified atom stereocenters. The molecule has 1 atom stereocenters. The summed E-state index contributed by atoms with van der Waals surface area (Å²) in [5.41, 5.74) is 2.14. The van der Waals surface area contributed by atoms with E-state index in [-0.39, 0.29) is 5.91 Å². The fourth-order valence-corrected chi connectivity index (χ4v) is 5.33. The molecule has 2 aromatic carbocycles. The number of nitrogens with zero attached hydrogens (tertiary/aromatic N) is 1. The average Bonchev–Trinajstić information content (AvgIpc) is 2.66. The van der Waals surface area contributed by atoms with Gasteiger partial charge in [-0.3, -0.25) is 9.10 Å². The van der Waals surface area contributed by atoms with E-state index in [0.29, 0.717) is 38.6 Å². The van der Waals surface area contributed by atoms with Crippen LogP contribution in [0.5, 0.6) is 0 Å². The molecule has 0 fully saturated rings. The number of benzene rings is 2. The minimum absolute atomic E-state index is 0.380. The minimum atomic E-state index is -3.70. The molecular formula is C20H23Cl3N2O3S2. The largest absolute Gasteiger partial charge is 0.353 e. The Morgan fingerprint density at radius 2 is 1.83 bits per heavy atom. The van der Waals surface area contributed by atoms with Crippen LogP contribution >= 0.6 is 46.6 Å². The van der Waals surface area contributed by atoms with Crippen LogP contribution in [-0.4, -0.2) is 38.9 Å². The predicted octanol–water partition coefficient (Wildman–Crippen LogP) is 5.16. The number of hydrogen-bond acceptors (Lipinski definition) is 4. The molecule has 2 aromatic rings. The van der Waals surface area contributed by atoms with Gasteiger partial charge in [0.2, 0.25) is 15.9 Å². The van der Waals surface area contributed by atoms with Crippen molar-refractivity contribution in [3.63, 3.8) is 0 Å². The van der Waals surface area contributed by atoms with E-state index in [1.54, 1.807) is 49.9 Å². The van der Waals surface area contributed by atoms with Crippen molar-refractivity contribution in [3.8, 4) is 0 Å². The molecule has 0 aliphatic carbocycles. The Morgan fingerprint density at radius 3 is 2.47 bits per heavy atom. The Hall–Kier alpha value is -1.12. The van der Waals surface area contributed by atoms with Crippen molar-refractivity contribution in [2.75, 3.05) is 22.9 Å². The highest BCUT2D eigenvalue weighted by Gasteiger charge is 2.30. The lowest BCUT2D eigenvalue weighted by Crippen LogP contribution is -2.48. The van der Waals surface area contributed by atoms with Gasteiger partial charge in [-0.05, 0) is 49.2 Å². The van der Waals surface area contributed by atoms with Crippen molar-refractivity contribution in [2.45, 2.75) is 25.6 Å². The van der Waals surface area contributed by atoms with E-state index in [9.17, 15) is 13.2 Å². The number of anilines is 1. The molecule has 5 nitrogen and oxygen atoms in total. The summed E-state index contributed by atoms with van der Waals surface area (Å²) in [6.07, 6.45) is 1.07. The Morgan fingerprint density at radius 1 is 1.13 bits per heavy atom. The van der Waals surface area contributed by atoms with Gasteiger partial charge in [-0.1, -0.05) is 46.9 Å². The van der Waals surface area contributed by atoms with Crippen LogP contribution in [0.4, 0.5) is 5.69 Å². The second kappa shape index (κ2) is 11.0. The second-order valence-electron chi connectivity index (χ2n) is 6.76. The fourth-order valence-electron chi connectivity index (χ4n) is 2.81. The summed E-state index contributed by atoms with van der Waals surface area (Å²) in [5, 5.41) is 4.22. The standard InChI is InChI=1S/C20H23Cl3N2O3S2/c1-13-4-6-16(21)11-19(13)25(30(3,27)28)14(2)20(26)24-8-9-29-12-15-5-7-17(22)18(23)10-15/h4-7,10-11,14H,8-9,12H2,1-3H3,(H,24,26)/t14-/m0/s1. The van der Waals surface area contributed by atoms with E-state index >= 15 is 0 Å². The first-order valence-electron chi connectivity index (χ1n) is 9.05. The molecule has 0 aliphatic rings. The lowest BCUT2D eigenvalue weighted by Gasteiger charge is -2.29. The van der Waals surface area contributed by atoms with E-state index in [2.05, 4.69) is 5.32 Å². The van der Waals surface area contributed by atoms with E-state index < -0.39 is 16.1 Å². The van der Waals surface area contributed by atoms with Crippen molar-refractivity contribution in [1.29, 1.82) is 0 Å². The molecule has 0 bridgehead atoms. The summed E-state index contributed by atoms with van der Waals surface area (Å²) >= 11 is 19.6. The van der Waals surface area contributed by atoms with Crippen LogP contribution in [0.1, 0.15) is 18.1 Å². The van der Waals surface area contributed by atoms with Gasteiger partial charge in [-0.15, -0.1) is 0 Å².